The molecule has 0 spiro atoms. The summed E-state index contributed by atoms with van der Waals surface area (Å²) in [6.07, 6.45) is 1.01. The van der Waals surface area contributed by atoms with Crippen molar-refractivity contribution in [3.8, 4) is 17.2 Å². The average Bonchev–Trinajstić information content (AvgIpc) is 2.78. The number of Topliss-reactive ketones (excluding diaryl/α,β-unsaturated/α-hetero) is 3. The number of fused-ring (bicyclic) bond motifs is 3. The van der Waals surface area contributed by atoms with Gasteiger partial charge in [-0.15, -0.1) is 0 Å². The quantitative estimate of drug-likeness (QED) is 0.350. The van der Waals surface area contributed by atoms with Crippen LogP contribution >= 0.6 is 0 Å². The van der Waals surface area contributed by atoms with Crippen LogP contribution in [0.25, 0.3) is 0 Å². The van der Waals surface area contributed by atoms with Gasteiger partial charge in [-0.05, 0) is 33.8 Å². The molecule has 0 bridgehead atoms. The van der Waals surface area contributed by atoms with Crippen molar-refractivity contribution in [1.29, 1.82) is 0 Å². The molecule has 1 aliphatic carbocycles. The second-order valence-electron chi connectivity index (χ2n) is 6.32. The minimum atomic E-state index is -1.63. The fourth-order valence-electron chi connectivity index (χ4n) is 3.34. The summed E-state index contributed by atoms with van der Waals surface area (Å²) in [7, 11) is 0. The smallest absolute Gasteiger partial charge is 0.872 e. The van der Waals surface area contributed by atoms with Crippen LogP contribution in [0, 0.1) is 6.92 Å². The Morgan fingerprint density at radius 3 is 2.23 bits per heavy atom. The molecule has 1 heterocycles. The molecule has 0 saturated carbocycles. The van der Waals surface area contributed by atoms with Crippen LogP contribution in [0.2, 0.25) is 0 Å². The number of hydrogen-bond acceptors (Lipinski definition) is 7. The monoisotopic (exact) mass is 366 g/mol. The third kappa shape index (κ3) is 2.35. The van der Waals surface area contributed by atoms with E-state index < -0.39 is 45.6 Å². The standard InChI is InChI=1S/C18H16O7.Na/c1-6-14(22)12(8(3)20)16-13(15(6)23)18(4)10(25-16)5-9(21)11(7(2)19)17(18)24;/h5,21-23H,1-4H3;/q;+1/p-1/t18-;/m0./s1. The molecule has 1 atom stereocenters. The predicted molar refractivity (Wildman–Crippen MR) is 83.3 cm³/mol. The molecule has 0 fully saturated rings. The zero-order valence-corrected chi connectivity index (χ0v) is 17.0. The minimum absolute atomic E-state index is 0. The molecule has 0 aromatic heterocycles. The number of rotatable bonds is 2. The van der Waals surface area contributed by atoms with Gasteiger partial charge in [0.2, 0.25) is 0 Å². The fraction of sp³-hybridized carbons (Fsp3) is 0.278. The van der Waals surface area contributed by atoms with Crippen molar-refractivity contribution in [3.05, 3.63) is 39.9 Å². The Bertz CT molecular complexity index is 955. The topological polar surface area (TPSA) is 124 Å². The molecule has 0 unspecified atom stereocenters. The molecule has 2 aliphatic rings. The van der Waals surface area contributed by atoms with E-state index in [9.17, 15) is 29.7 Å². The molecule has 0 saturated heterocycles. The van der Waals surface area contributed by atoms with Crippen LogP contribution in [0.15, 0.2) is 23.2 Å². The summed E-state index contributed by atoms with van der Waals surface area (Å²) in [4.78, 5) is 36.6. The second-order valence-corrected chi connectivity index (χ2v) is 6.32. The van der Waals surface area contributed by atoms with Crippen LogP contribution in [-0.2, 0) is 15.0 Å². The molecule has 0 radical (unpaired) electrons. The number of benzene rings is 1. The third-order valence-electron chi connectivity index (χ3n) is 4.74. The molecule has 26 heavy (non-hydrogen) atoms. The molecule has 2 N–H and O–H groups in total. The van der Waals surface area contributed by atoms with E-state index >= 15 is 0 Å². The molecule has 7 nitrogen and oxygen atoms in total. The number of carbonyl (C=O) groups is 3. The number of aromatic hydroxyl groups is 2. The van der Waals surface area contributed by atoms with E-state index in [1.165, 1.54) is 20.8 Å². The Labute approximate surface area is 171 Å². The first-order valence-electron chi connectivity index (χ1n) is 7.50. The summed E-state index contributed by atoms with van der Waals surface area (Å²) in [5.41, 5.74) is -2.36. The molecule has 130 valence electrons. The molecule has 1 aromatic carbocycles. The molecule has 8 heteroatoms. The van der Waals surface area contributed by atoms with E-state index in [0.29, 0.717) is 0 Å². The Morgan fingerprint density at radius 2 is 1.73 bits per heavy atom. The Hall–Kier alpha value is -2.09. The zero-order chi connectivity index (χ0) is 18.8. The molecule has 3 rings (SSSR count). The second kappa shape index (κ2) is 6.26. The summed E-state index contributed by atoms with van der Waals surface area (Å²) >= 11 is 0. The molecule has 0 amide bonds. The van der Waals surface area contributed by atoms with Gasteiger partial charge in [0.15, 0.2) is 17.3 Å². The number of phenolic OH excluding ortho intramolecular Hbond substituents is 2. The summed E-state index contributed by atoms with van der Waals surface area (Å²) in [6, 6.07) is 0. The molecule has 1 aromatic rings. The van der Waals surface area contributed by atoms with Crippen molar-refractivity contribution in [2.75, 3.05) is 0 Å². The van der Waals surface area contributed by atoms with Crippen LogP contribution in [-0.4, -0.2) is 27.6 Å². The van der Waals surface area contributed by atoms with Crippen LogP contribution < -0.4 is 39.4 Å². The molecular formula is C18H15NaO7. The Kier molecular flexibility index (Phi) is 4.87. The minimum Gasteiger partial charge on any atom is -0.872 e. The number of carbonyl (C=O) groups excluding carboxylic acids is 3. The van der Waals surface area contributed by atoms with Crippen LogP contribution in [0.4, 0.5) is 0 Å². The Morgan fingerprint density at radius 1 is 1.15 bits per heavy atom. The number of ether oxygens (including phenoxy) is 1. The van der Waals surface area contributed by atoms with Crippen molar-refractivity contribution in [2.24, 2.45) is 0 Å². The van der Waals surface area contributed by atoms with E-state index in [1.54, 1.807) is 0 Å². The fourth-order valence-corrected chi connectivity index (χ4v) is 3.34. The van der Waals surface area contributed by atoms with Gasteiger partial charge >= 0.3 is 29.6 Å². The van der Waals surface area contributed by atoms with Crippen molar-refractivity contribution in [1.82, 2.24) is 0 Å². The number of phenols is 2. The van der Waals surface area contributed by atoms with Gasteiger partial charge in [-0.3, -0.25) is 14.4 Å². The van der Waals surface area contributed by atoms with E-state index in [0.717, 1.165) is 13.0 Å². The van der Waals surface area contributed by atoms with Crippen molar-refractivity contribution >= 4 is 17.3 Å². The Balaban J connectivity index is 0.00000243. The van der Waals surface area contributed by atoms with Gasteiger partial charge in [0.05, 0.1) is 11.1 Å². The van der Waals surface area contributed by atoms with E-state index in [2.05, 4.69) is 0 Å². The van der Waals surface area contributed by atoms with Gasteiger partial charge < -0.3 is 20.1 Å². The first-order chi connectivity index (χ1) is 11.5. The first kappa shape index (κ1) is 20.2. The van der Waals surface area contributed by atoms with Gasteiger partial charge in [-0.1, -0.05) is 5.76 Å². The van der Waals surface area contributed by atoms with Gasteiger partial charge in [0.25, 0.3) is 0 Å². The van der Waals surface area contributed by atoms with Gasteiger partial charge in [-0.2, -0.15) is 0 Å². The average molecular weight is 366 g/mol. The third-order valence-corrected chi connectivity index (χ3v) is 4.74. The largest absolute Gasteiger partial charge is 1.00 e. The summed E-state index contributed by atoms with van der Waals surface area (Å²) in [5.74, 6) is -3.97. The number of hydrogen-bond donors (Lipinski definition) is 2. The van der Waals surface area contributed by atoms with Crippen LogP contribution in [0.1, 0.15) is 42.3 Å². The van der Waals surface area contributed by atoms with Crippen molar-refractivity contribution < 1.29 is 64.0 Å². The number of ketones is 3. The van der Waals surface area contributed by atoms with Gasteiger partial charge in [0.1, 0.15) is 34.0 Å². The van der Waals surface area contributed by atoms with Gasteiger partial charge in [-0.25, -0.2) is 0 Å². The summed E-state index contributed by atoms with van der Waals surface area (Å²) in [5, 5.41) is 32.8. The van der Waals surface area contributed by atoms with Crippen molar-refractivity contribution in [2.45, 2.75) is 33.1 Å². The summed E-state index contributed by atoms with van der Waals surface area (Å²) < 4.78 is 5.55. The first-order valence-corrected chi connectivity index (χ1v) is 7.50. The van der Waals surface area contributed by atoms with Crippen LogP contribution in [0.5, 0.6) is 17.2 Å². The van der Waals surface area contributed by atoms with Crippen LogP contribution in [0.3, 0.4) is 0 Å². The molecule has 1 aliphatic heterocycles. The van der Waals surface area contributed by atoms with E-state index in [1.807, 2.05) is 0 Å². The maximum atomic E-state index is 12.9. The molecular weight excluding hydrogens is 351 g/mol. The zero-order valence-electron chi connectivity index (χ0n) is 15.0. The maximum absolute atomic E-state index is 12.9. The SMILES string of the molecule is CC(=O)C1=C([O-])C=C2Oc3c(C(C)=O)c(O)c(C)c(O)c3[C@@]2(C)C1=O.[Na+]. The number of allylic oxidation sites excluding steroid dienone is 3. The summed E-state index contributed by atoms with van der Waals surface area (Å²) in [6.45, 7) is 5.10. The van der Waals surface area contributed by atoms with Gasteiger partial charge in [0, 0.05) is 5.56 Å². The normalized spacial score (nSPS) is 20.6. The van der Waals surface area contributed by atoms with Crippen molar-refractivity contribution in [3.63, 3.8) is 0 Å². The van der Waals surface area contributed by atoms with E-state index in [-0.39, 0.29) is 57.8 Å². The maximum Gasteiger partial charge on any atom is 1.00 e. The predicted octanol–water partition coefficient (Wildman–Crippen LogP) is -2.07. The van der Waals surface area contributed by atoms with E-state index in [4.69, 9.17) is 4.74 Å².